The number of nitrogens with zero attached hydrogens (tertiary/aromatic N) is 2. The Balaban J connectivity index is 2.13. The van der Waals surface area contributed by atoms with Crippen LogP contribution in [-0.2, 0) is 6.42 Å². The van der Waals surface area contributed by atoms with E-state index in [2.05, 4.69) is 43.5 Å². The second kappa shape index (κ2) is 7.24. The summed E-state index contributed by atoms with van der Waals surface area (Å²) in [6.45, 7) is 7.43. The maximum Gasteiger partial charge on any atom is 0.284 e. The summed E-state index contributed by atoms with van der Waals surface area (Å²) in [5, 5.41) is 4.30. The molecule has 0 fully saturated rings. The van der Waals surface area contributed by atoms with Gasteiger partial charge in [-0.15, -0.1) is 6.58 Å². The Morgan fingerprint density at radius 1 is 1.41 bits per heavy atom. The molecule has 0 aliphatic heterocycles. The Hall–Kier alpha value is -1.40. The molecule has 0 saturated heterocycles. The minimum atomic E-state index is -0.203. The number of allylic oxidation sites excluding steroid dienone is 1. The van der Waals surface area contributed by atoms with E-state index < -0.39 is 0 Å². The van der Waals surface area contributed by atoms with Gasteiger partial charge < -0.3 is 4.74 Å². The van der Waals surface area contributed by atoms with Crippen LogP contribution in [0.3, 0.4) is 0 Å². The van der Waals surface area contributed by atoms with Gasteiger partial charge in [-0.1, -0.05) is 22.0 Å². The third-order valence-electron chi connectivity index (χ3n) is 3.27. The average molecular weight is 428 g/mol. The summed E-state index contributed by atoms with van der Waals surface area (Å²) in [5.74, 6) is 0.412. The standard InChI is InChI=1S/C16H16Br2N2O2/c1-4-5-13-10(2)19-20(11(13)3)16(21)9-22-15-7-6-12(17)8-14(15)18/h4,6-8H,1,5,9H2,2-3H3. The molecule has 0 amide bonds. The Labute approximate surface area is 146 Å². The molecule has 1 heterocycles. The van der Waals surface area contributed by atoms with E-state index in [1.54, 1.807) is 12.1 Å². The lowest BCUT2D eigenvalue weighted by molar-refractivity contribution is 0.0817. The van der Waals surface area contributed by atoms with E-state index in [0.29, 0.717) is 12.2 Å². The molecule has 1 aromatic carbocycles. The largest absolute Gasteiger partial charge is 0.482 e. The number of hydrogen-bond acceptors (Lipinski definition) is 3. The molecule has 0 unspecified atom stereocenters. The number of benzene rings is 1. The minimum Gasteiger partial charge on any atom is -0.482 e. The van der Waals surface area contributed by atoms with Crippen molar-refractivity contribution in [2.75, 3.05) is 6.61 Å². The highest BCUT2D eigenvalue weighted by atomic mass is 79.9. The van der Waals surface area contributed by atoms with Crippen LogP contribution >= 0.6 is 31.9 Å². The molecular formula is C16H16Br2N2O2. The molecule has 1 aromatic heterocycles. The fraction of sp³-hybridized carbons (Fsp3) is 0.250. The molecule has 22 heavy (non-hydrogen) atoms. The second-order valence-corrected chi connectivity index (χ2v) is 6.58. The highest BCUT2D eigenvalue weighted by Gasteiger charge is 2.16. The highest BCUT2D eigenvalue weighted by Crippen LogP contribution is 2.28. The van der Waals surface area contributed by atoms with Gasteiger partial charge in [-0.25, -0.2) is 4.68 Å². The molecule has 0 N–H and O–H groups in total. The molecule has 0 saturated carbocycles. The van der Waals surface area contributed by atoms with Crippen LogP contribution in [0.4, 0.5) is 0 Å². The van der Waals surface area contributed by atoms with E-state index in [9.17, 15) is 4.79 Å². The second-order valence-electron chi connectivity index (χ2n) is 4.81. The van der Waals surface area contributed by atoms with E-state index >= 15 is 0 Å². The lowest BCUT2D eigenvalue weighted by Gasteiger charge is -2.08. The lowest BCUT2D eigenvalue weighted by atomic mass is 10.1. The number of ether oxygens (including phenoxy) is 1. The summed E-state index contributed by atoms with van der Waals surface area (Å²) < 4.78 is 8.70. The summed E-state index contributed by atoms with van der Waals surface area (Å²) in [6, 6.07) is 5.52. The van der Waals surface area contributed by atoms with E-state index in [-0.39, 0.29) is 12.5 Å². The van der Waals surface area contributed by atoms with Crippen LogP contribution in [0.5, 0.6) is 5.75 Å². The molecule has 4 nitrogen and oxygen atoms in total. The third kappa shape index (κ3) is 3.67. The van der Waals surface area contributed by atoms with Crippen molar-refractivity contribution in [1.82, 2.24) is 9.78 Å². The van der Waals surface area contributed by atoms with Crippen molar-refractivity contribution in [3.8, 4) is 5.75 Å². The van der Waals surface area contributed by atoms with Crippen LogP contribution in [0.15, 0.2) is 39.8 Å². The summed E-state index contributed by atoms with van der Waals surface area (Å²) >= 11 is 6.78. The van der Waals surface area contributed by atoms with Gasteiger partial charge >= 0.3 is 0 Å². The molecule has 0 aliphatic carbocycles. The maximum atomic E-state index is 12.3. The van der Waals surface area contributed by atoms with Crippen LogP contribution in [-0.4, -0.2) is 22.3 Å². The summed E-state index contributed by atoms with van der Waals surface area (Å²) in [6.07, 6.45) is 2.51. The molecule has 116 valence electrons. The zero-order valence-corrected chi connectivity index (χ0v) is 15.6. The molecule has 2 aromatic rings. The van der Waals surface area contributed by atoms with Crippen LogP contribution in [0.1, 0.15) is 21.7 Å². The molecule has 0 aliphatic rings. The Kier molecular flexibility index (Phi) is 5.58. The zero-order valence-electron chi connectivity index (χ0n) is 12.4. The number of rotatable bonds is 5. The number of halogens is 2. The molecule has 0 atom stereocenters. The molecule has 0 spiro atoms. The minimum absolute atomic E-state index is 0.0737. The van der Waals surface area contributed by atoms with E-state index in [1.165, 1.54) is 4.68 Å². The number of hydrogen-bond donors (Lipinski definition) is 0. The summed E-state index contributed by atoms with van der Waals surface area (Å²) in [4.78, 5) is 12.3. The number of carbonyl (C=O) groups excluding carboxylic acids is 1. The average Bonchev–Trinajstić information content (AvgIpc) is 2.74. The van der Waals surface area contributed by atoms with E-state index in [4.69, 9.17) is 4.74 Å². The van der Waals surface area contributed by atoms with Crippen molar-refractivity contribution < 1.29 is 9.53 Å². The van der Waals surface area contributed by atoms with Gasteiger partial charge in [0.15, 0.2) is 6.61 Å². The predicted molar refractivity (Wildman–Crippen MR) is 93.6 cm³/mol. The monoisotopic (exact) mass is 426 g/mol. The number of aryl methyl sites for hydroxylation is 1. The molecular weight excluding hydrogens is 412 g/mol. The van der Waals surface area contributed by atoms with Crippen molar-refractivity contribution in [1.29, 1.82) is 0 Å². The molecule has 2 rings (SSSR count). The van der Waals surface area contributed by atoms with Crippen molar-refractivity contribution >= 4 is 37.8 Å². The first-order valence-electron chi connectivity index (χ1n) is 6.71. The van der Waals surface area contributed by atoms with Crippen LogP contribution < -0.4 is 4.74 Å². The van der Waals surface area contributed by atoms with Crippen molar-refractivity contribution in [3.05, 3.63) is 56.8 Å². The smallest absolute Gasteiger partial charge is 0.284 e. The summed E-state index contributed by atoms with van der Waals surface area (Å²) in [5.41, 5.74) is 2.71. The first-order chi connectivity index (χ1) is 10.4. The van der Waals surface area contributed by atoms with Crippen LogP contribution in [0, 0.1) is 13.8 Å². The van der Waals surface area contributed by atoms with Gasteiger partial charge in [0.05, 0.1) is 10.2 Å². The fourth-order valence-corrected chi connectivity index (χ4v) is 3.31. The highest BCUT2D eigenvalue weighted by molar-refractivity contribution is 9.11. The van der Waals surface area contributed by atoms with Crippen LogP contribution in [0.25, 0.3) is 0 Å². The van der Waals surface area contributed by atoms with Crippen molar-refractivity contribution in [2.45, 2.75) is 20.3 Å². The number of carbonyl (C=O) groups is 1. The van der Waals surface area contributed by atoms with E-state index in [1.807, 2.05) is 26.0 Å². The topological polar surface area (TPSA) is 44.1 Å². The third-order valence-corrected chi connectivity index (χ3v) is 4.38. The zero-order chi connectivity index (χ0) is 16.3. The van der Waals surface area contributed by atoms with Crippen molar-refractivity contribution in [3.63, 3.8) is 0 Å². The van der Waals surface area contributed by atoms with Crippen molar-refractivity contribution in [2.24, 2.45) is 0 Å². The molecule has 0 bridgehead atoms. The number of aromatic nitrogens is 2. The first-order valence-corrected chi connectivity index (χ1v) is 8.29. The Morgan fingerprint density at radius 2 is 2.14 bits per heavy atom. The van der Waals surface area contributed by atoms with Gasteiger partial charge in [0.25, 0.3) is 5.91 Å². The van der Waals surface area contributed by atoms with Gasteiger partial charge in [-0.3, -0.25) is 4.79 Å². The normalized spacial score (nSPS) is 10.5. The van der Waals surface area contributed by atoms with Gasteiger partial charge in [0, 0.05) is 15.7 Å². The SMILES string of the molecule is C=CCc1c(C)nn(C(=O)COc2ccc(Br)cc2Br)c1C. The Bertz CT molecular complexity index is 723. The summed E-state index contributed by atoms with van der Waals surface area (Å²) in [7, 11) is 0. The van der Waals surface area contributed by atoms with Gasteiger partial charge in [-0.2, -0.15) is 5.10 Å². The van der Waals surface area contributed by atoms with Gasteiger partial charge in [0.1, 0.15) is 5.75 Å². The predicted octanol–water partition coefficient (Wildman–Crippen LogP) is 4.47. The fourth-order valence-electron chi connectivity index (χ4n) is 2.15. The first kappa shape index (κ1) is 17.0. The lowest BCUT2D eigenvalue weighted by Crippen LogP contribution is -2.22. The Morgan fingerprint density at radius 3 is 2.77 bits per heavy atom. The van der Waals surface area contributed by atoms with Gasteiger partial charge in [0.2, 0.25) is 0 Å². The quantitative estimate of drug-likeness (QED) is 0.661. The van der Waals surface area contributed by atoms with E-state index in [0.717, 1.165) is 25.9 Å². The molecule has 6 heteroatoms. The maximum absolute atomic E-state index is 12.3. The molecule has 0 radical (unpaired) electrons. The van der Waals surface area contributed by atoms with Crippen LogP contribution in [0.2, 0.25) is 0 Å². The van der Waals surface area contributed by atoms with Gasteiger partial charge in [-0.05, 0) is 54.4 Å².